The molecule has 0 aliphatic rings. The van der Waals surface area contributed by atoms with Gasteiger partial charge in [-0.1, -0.05) is 11.6 Å². The van der Waals surface area contributed by atoms with Gasteiger partial charge < -0.3 is 14.9 Å². The molecule has 2 aromatic heterocycles. The number of rotatable bonds is 3. The van der Waals surface area contributed by atoms with Crippen molar-refractivity contribution in [3.63, 3.8) is 0 Å². The van der Waals surface area contributed by atoms with Gasteiger partial charge in [0.15, 0.2) is 5.82 Å². The molecule has 7 heteroatoms. The van der Waals surface area contributed by atoms with Crippen LogP contribution in [0.5, 0.6) is 0 Å². The molecule has 3 aromatic rings. The number of nitrogen functional groups attached to an aromatic ring is 1. The van der Waals surface area contributed by atoms with E-state index in [0.29, 0.717) is 17.5 Å². The highest BCUT2D eigenvalue weighted by Crippen LogP contribution is 2.22. The number of aryl methyl sites for hydroxylation is 1. The van der Waals surface area contributed by atoms with Crippen molar-refractivity contribution in [2.75, 3.05) is 5.73 Å². The first-order valence-corrected chi connectivity index (χ1v) is 6.34. The quantitative estimate of drug-likeness (QED) is 0.793. The third-order valence-corrected chi connectivity index (χ3v) is 3.31. The Hall–Kier alpha value is -2.08. The van der Waals surface area contributed by atoms with Crippen molar-refractivity contribution < 1.29 is 0 Å². The van der Waals surface area contributed by atoms with Crippen LogP contribution in [0, 0.1) is 0 Å². The SMILES string of the molecule is CCn1cnnc1Cn1c(N)nc2cc(Cl)ccc21. The normalized spacial score (nSPS) is 11.3. The Labute approximate surface area is 114 Å². The maximum atomic E-state index is 5.96. The molecule has 98 valence electrons. The van der Waals surface area contributed by atoms with Crippen molar-refractivity contribution in [3.8, 4) is 0 Å². The minimum Gasteiger partial charge on any atom is -0.369 e. The van der Waals surface area contributed by atoms with Crippen LogP contribution in [0.4, 0.5) is 5.95 Å². The highest BCUT2D eigenvalue weighted by atomic mass is 35.5. The topological polar surface area (TPSA) is 74.5 Å². The number of hydrogen-bond donors (Lipinski definition) is 1. The number of halogens is 1. The molecule has 0 amide bonds. The minimum atomic E-state index is 0.447. The van der Waals surface area contributed by atoms with E-state index in [1.807, 2.05) is 28.2 Å². The van der Waals surface area contributed by atoms with E-state index in [9.17, 15) is 0 Å². The fraction of sp³-hybridized carbons (Fsp3) is 0.250. The van der Waals surface area contributed by atoms with Crippen LogP contribution in [0.3, 0.4) is 0 Å². The number of aromatic nitrogens is 5. The monoisotopic (exact) mass is 276 g/mol. The first kappa shape index (κ1) is 12.0. The van der Waals surface area contributed by atoms with Gasteiger partial charge in [0, 0.05) is 11.6 Å². The fourth-order valence-corrected chi connectivity index (χ4v) is 2.26. The lowest BCUT2D eigenvalue weighted by Crippen LogP contribution is -2.10. The van der Waals surface area contributed by atoms with Gasteiger partial charge in [-0.2, -0.15) is 0 Å². The van der Waals surface area contributed by atoms with Gasteiger partial charge in [-0.15, -0.1) is 10.2 Å². The number of nitrogens with zero attached hydrogens (tertiary/aromatic N) is 5. The summed E-state index contributed by atoms with van der Waals surface area (Å²) < 4.78 is 3.88. The Kier molecular flexibility index (Phi) is 2.87. The zero-order valence-corrected chi connectivity index (χ0v) is 11.2. The Morgan fingerprint density at radius 3 is 3.00 bits per heavy atom. The second kappa shape index (κ2) is 4.55. The average molecular weight is 277 g/mol. The zero-order valence-electron chi connectivity index (χ0n) is 10.4. The summed E-state index contributed by atoms with van der Waals surface area (Å²) in [5.74, 6) is 1.30. The summed E-state index contributed by atoms with van der Waals surface area (Å²) in [6.07, 6.45) is 1.71. The molecule has 0 aliphatic heterocycles. The van der Waals surface area contributed by atoms with Crippen molar-refractivity contribution in [1.82, 2.24) is 24.3 Å². The Balaban J connectivity index is 2.08. The van der Waals surface area contributed by atoms with E-state index < -0.39 is 0 Å². The summed E-state index contributed by atoms with van der Waals surface area (Å²) in [5, 5.41) is 8.67. The van der Waals surface area contributed by atoms with Crippen molar-refractivity contribution in [1.29, 1.82) is 0 Å². The largest absolute Gasteiger partial charge is 0.369 e. The molecule has 2 heterocycles. The Bertz CT molecular complexity index is 729. The van der Waals surface area contributed by atoms with Crippen LogP contribution in [-0.2, 0) is 13.1 Å². The van der Waals surface area contributed by atoms with Crippen LogP contribution < -0.4 is 5.73 Å². The summed E-state index contributed by atoms with van der Waals surface area (Å²) in [7, 11) is 0. The number of anilines is 1. The lowest BCUT2D eigenvalue weighted by Gasteiger charge is -2.07. The van der Waals surface area contributed by atoms with Crippen molar-refractivity contribution in [2.24, 2.45) is 0 Å². The number of benzene rings is 1. The molecule has 0 unspecified atom stereocenters. The molecule has 3 rings (SSSR count). The first-order chi connectivity index (χ1) is 9.19. The van der Waals surface area contributed by atoms with E-state index in [1.165, 1.54) is 0 Å². The zero-order chi connectivity index (χ0) is 13.4. The summed E-state index contributed by atoms with van der Waals surface area (Å²) in [6, 6.07) is 5.54. The average Bonchev–Trinajstić information content (AvgIpc) is 2.95. The highest BCUT2D eigenvalue weighted by molar-refractivity contribution is 6.31. The maximum absolute atomic E-state index is 5.96. The van der Waals surface area contributed by atoms with E-state index in [-0.39, 0.29) is 0 Å². The maximum Gasteiger partial charge on any atom is 0.201 e. The summed E-state index contributed by atoms with van der Waals surface area (Å²) in [5.41, 5.74) is 7.69. The van der Waals surface area contributed by atoms with E-state index >= 15 is 0 Å². The molecule has 1 aromatic carbocycles. The molecule has 2 N–H and O–H groups in total. The fourth-order valence-electron chi connectivity index (χ4n) is 2.09. The molecule has 0 radical (unpaired) electrons. The Morgan fingerprint density at radius 2 is 2.21 bits per heavy atom. The molecule has 0 aliphatic carbocycles. The summed E-state index contributed by atoms with van der Waals surface area (Å²) in [6.45, 7) is 3.40. The molecular weight excluding hydrogens is 264 g/mol. The van der Waals surface area contributed by atoms with Crippen molar-refractivity contribution in [2.45, 2.75) is 20.0 Å². The predicted octanol–water partition coefficient (Wildman–Crippen LogP) is 1.93. The van der Waals surface area contributed by atoms with Gasteiger partial charge in [-0.25, -0.2) is 4.98 Å². The van der Waals surface area contributed by atoms with Gasteiger partial charge >= 0.3 is 0 Å². The van der Waals surface area contributed by atoms with Gasteiger partial charge in [0.05, 0.1) is 17.6 Å². The molecule has 0 saturated carbocycles. The third kappa shape index (κ3) is 2.04. The molecule has 0 bridgehead atoms. The number of imidazole rings is 1. The van der Waals surface area contributed by atoms with Gasteiger partial charge in [-0.3, -0.25) is 0 Å². The van der Waals surface area contributed by atoms with Crippen LogP contribution in [0.2, 0.25) is 5.02 Å². The first-order valence-electron chi connectivity index (χ1n) is 5.97. The van der Waals surface area contributed by atoms with Gasteiger partial charge in [-0.05, 0) is 25.1 Å². The van der Waals surface area contributed by atoms with Gasteiger partial charge in [0.25, 0.3) is 0 Å². The summed E-state index contributed by atoms with van der Waals surface area (Å²) >= 11 is 5.95. The van der Waals surface area contributed by atoms with Crippen LogP contribution in [0.1, 0.15) is 12.7 Å². The predicted molar refractivity (Wildman–Crippen MR) is 74.0 cm³/mol. The van der Waals surface area contributed by atoms with Crippen LogP contribution in [0.25, 0.3) is 11.0 Å². The Morgan fingerprint density at radius 1 is 1.37 bits per heavy atom. The molecule has 0 spiro atoms. The van der Waals surface area contributed by atoms with Crippen molar-refractivity contribution >= 4 is 28.6 Å². The van der Waals surface area contributed by atoms with Gasteiger partial charge in [0.1, 0.15) is 6.33 Å². The van der Waals surface area contributed by atoms with Crippen molar-refractivity contribution in [3.05, 3.63) is 35.4 Å². The van der Waals surface area contributed by atoms with E-state index in [0.717, 1.165) is 23.4 Å². The minimum absolute atomic E-state index is 0.447. The smallest absolute Gasteiger partial charge is 0.201 e. The molecular formula is C12H13ClN6. The third-order valence-electron chi connectivity index (χ3n) is 3.08. The van der Waals surface area contributed by atoms with E-state index in [2.05, 4.69) is 15.2 Å². The standard InChI is InChI=1S/C12H13ClN6/c1-2-18-7-15-17-11(18)6-19-10-4-3-8(13)5-9(10)16-12(19)14/h3-5,7H,2,6H2,1H3,(H2,14,16). The molecule has 0 atom stereocenters. The number of fused-ring (bicyclic) bond motifs is 1. The summed E-state index contributed by atoms with van der Waals surface area (Å²) in [4.78, 5) is 4.31. The van der Waals surface area contributed by atoms with E-state index in [4.69, 9.17) is 17.3 Å². The second-order valence-corrected chi connectivity index (χ2v) is 4.66. The second-order valence-electron chi connectivity index (χ2n) is 4.22. The van der Waals surface area contributed by atoms with Crippen LogP contribution >= 0.6 is 11.6 Å². The molecule has 0 saturated heterocycles. The molecule has 0 fully saturated rings. The lowest BCUT2D eigenvalue weighted by atomic mass is 10.3. The highest BCUT2D eigenvalue weighted by Gasteiger charge is 2.11. The number of nitrogens with two attached hydrogens (primary N) is 1. The molecule has 19 heavy (non-hydrogen) atoms. The molecule has 6 nitrogen and oxygen atoms in total. The van der Waals surface area contributed by atoms with Crippen LogP contribution in [0.15, 0.2) is 24.5 Å². The van der Waals surface area contributed by atoms with Gasteiger partial charge in [0.2, 0.25) is 5.95 Å². The van der Waals surface area contributed by atoms with E-state index in [1.54, 1.807) is 12.4 Å². The van der Waals surface area contributed by atoms with Crippen LogP contribution in [-0.4, -0.2) is 24.3 Å². The lowest BCUT2D eigenvalue weighted by molar-refractivity contribution is 0.663. The number of hydrogen-bond acceptors (Lipinski definition) is 4.